The number of rotatable bonds is 4. The first-order chi connectivity index (χ1) is 9.40. The number of carbonyl (C=O) groups excluding carboxylic acids is 2. The molecule has 20 heavy (non-hydrogen) atoms. The Balaban J connectivity index is 1.69. The molecule has 2 amide bonds. The van der Waals surface area contributed by atoms with Gasteiger partial charge in [0.25, 0.3) is 11.8 Å². The van der Waals surface area contributed by atoms with Crippen LogP contribution in [0.3, 0.4) is 0 Å². The summed E-state index contributed by atoms with van der Waals surface area (Å²) in [6, 6.07) is 3.46. The topological polar surface area (TPSA) is 81.7 Å². The number of amides is 2. The van der Waals surface area contributed by atoms with Gasteiger partial charge in [0.1, 0.15) is 0 Å². The molecule has 1 saturated heterocycles. The van der Waals surface area contributed by atoms with E-state index in [2.05, 4.69) is 10.9 Å². The predicted octanol–water partition coefficient (Wildman–Crippen LogP) is 0.212. The molecule has 3 N–H and O–H groups in total. The van der Waals surface area contributed by atoms with Crippen molar-refractivity contribution >= 4 is 23.2 Å². The Kier molecular flexibility index (Phi) is 4.42. The number of hydrazine groups is 1. The van der Waals surface area contributed by atoms with Crippen LogP contribution in [0.4, 0.5) is 0 Å². The highest BCUT2D eigenvalue weighted by Crippen LogP contribution is 2.27. The number of nitrogens with zero attached hydrogens (tertiary/aromatic N) is 1. The van der Waals surface area contributed by atoms with Crippen molar-refractivity contribution < 1.29 is 14.7 Å². The summed E-state index contributed by atoms with van der Waals surface area (Å²) in [5.41, 5.74) is 4.04. The van der Waals surface area contributed by atoms with Crippen LogP contribution >= 0.6 is 11.3 Å². The van der Waals surface area contributed by atoms with Crippen molar-refractivity contribution in [3.8, 4) is 0 Å². The molecule has 0 atom stereocenters. The van der Waals surface area contributed by atoms with E-state index in [4.69, 9.17) is 0 Å². The Morgan fingerprint density at radius 2 is 2.15 bits per heavy atom. The molecule has 110 valence electrons. The van der Waals surface area contributed by atoms with E-state index in [1.165, 1.54) is 11.3 Å². The molecule has 1 aliphatic rings. The van der Waals surface area contributed by atoms with Gasteiger partial charge in [-0.3, -0.25) is 25.3 Å². The van der Waals surface area contributed by atoms with Crippen LogP contribution in [0.2, 0.25) is 0 Å². The van der Waals surface area contributed by atoms with Gasteiger partial charge in [-0.1, -0.05) is 19.9 Å². The van der Waals surface area contributed by atoms with E-state index in [0.717, 1.165) is 0 Å². The number of hydrogen-bond acceptors (Lipinski definition) is 5. The molecule has 0 unspecified atom stereocenters. The van der Waals surface area contributed by atoms with Crippen LogP contribution in [0, 0.1) is 5.92 Å². The summed E-state index contributed by atoms with van der Waals surface area (Å²) >= 11 is 1.31. The third kappa shape index (κ3) is 3.36. The third-order valence-electron chi connectivity index (χ3n) is 3.50. The molecule has 0 radical (unpaired) electrons. The minimum atomic E-state index is -0.694. The van der Waals surface area contributed by atoms with E-state index < -0.39 is 5.60 Å². The molecule has 1 fully saturated rings. The highest BCUT2D eigenvalue weighted by atomic mass is 32.1. The number of thiophene rings is 1. The number of likely N-dealkylation sites (tertiary alicyclic amines) is 1. The minimum Gasteiger partial charge on any atom is -0.387 e. The zero-order valence-electron chi connectivity index (χ0n) is 11.5. The van der Waals surface area contributed by atoms with Gasteiger partial charge in [-0.15, -0.1) is 11.3 Å². The monoisotopic (exact) mass is 297 g/mol. The largest absolute Gasteiger partial charge is 0.387 e. The van der Waals surface area contributed by atoms with Gasteiger partial charge in [0.15, 0.2) is 0 Å². The first-order valence-electron chi connectivity index (χ1n) is 6.48. The quantitative estimate of drug-likeness (QED) is 0.694. The predicted molar refractivity (Wildman–Crippen MR) is 76.2 cm³/mol. The van der Waals surface area contributed by atoms with E-state index in [-0.39, 0.29) is 24.3 Å². The lowest BCUT2D eigenvalue weighted by Gasteiger charge is -2.48. The molecular formula is C13H19N3O3S. The minimum absolute atomic E-state index is 0.166. The Bertz CT molecular complexity index is 481. The summed E-state index contributed by atoms with van der Waals surface area (Å²) < 4.78 is 0. The molecule has 0 saturated carbocycles. The van der Waals surface area contributed by atoms with Gasteiger partial charge < -0.3 is 5.11 Å². The van der Waals surface area contributed by atoms with Crippen molar-refractivity contribution in [3.05, 3.63) is 22.4 Å². The Morgan fingerprint density at radius 1 is 1.45 bits per heavy atom. The SMILES string of the molecule is CC(C)C1(O)CN(CC(=O)NNC(=O)c2cccs2)C1. The van der Waals surface area contributed by atoms with Gasteiger partial charge in [0, 0.05) is 13.1 Å². The molecule has 0 aromatic carbocycles. The standard InChI is InChI=1S/C13H19N3O3S/c1-9(2)13(19)7-16(8-13)6-11(17)14-15-12(18)10-4-3-5-20-10/h3-5,9,19H,6-8H2,1-2H3,(H,14,17)(H,15,18). The molecule has 0 spiro atoms. The molecule has 1 aromatic rings. The molecular weight excluding hydrogens is 278 g/mol. The van der Waals surface area contributed by atoms with Crippen LogP contribution < -0.4 is 10.9 Å². The van der Waals surface area contributed by atoms with Crippen LogP contribution in [0.25, 0.3) is 0 Å². The van der Waals surface area contributed by atoms with Gasteiger partial charge in [-0.25, -0.2) is 0 Å². The molecule has 2 rings (SSSR count). The lowest BCUT2D eigenvalue weighted by molar-refractivity contribution is -0.142. The molecule has 1 aliphatic heterocycles. The number of carbonyl (C=O) groups is 2. The first kappa shape index (κ1) is 15.0. The maximum absolute atomic E-state index is 11.7. The Morgan fingerprint density at radius 3 is 2.70 bits per heavy atom. The molecule has 6 nitrogen and oxygen atoms in total. The average molecular weight is 297 g/mol. The fourth-order valence-electron chi connectivity index (χ4n) is 2.04. The van der Waals surface area contributed by atoms with Crippen molar-refractivity contribution in [2.75, 3.05) is 19.6 Å². The summed E-state index contributed by atoms with van der Waals surface area (Å²) in [5, 5.41) is 11.9. The molecule has 0 aliphatic carbocycles. The molecule has 1 aromatic heterocycles. The normalized spacial score (nSPS) is 17.6. The van der Waals surface area contributed by atoms with Crippen molar-refractivity contribution in [3.63, 3.8) is 0 Å². The molecule has 0 bridgehead atoms. The third-order valence-corrected chi connectivity index (χ3v) is 4.37. The summed E-state index contributed by atoms with van der Waals surface area (Å²) in [6.45, 7) is 5.05. The van der Waals surface area contributed by atoms with Gasteiger partial charge in [0.2, 0.25) is 0 Å². The fraction of sp³-hybridized carbons (Fsp3) is 0.538. The summed E-state index contributed by atoms with van der Waals surface area (Å²) in [7, 11) is 0. The van der Waals surface area contributed by atoms with Gasteiger partial charge >= 0.3 is 0 Å². The summed E-state index contributed by atoms with van der Waals surface area (Å²) in [5.74, 6) is -0.448. The number of nitrogens with one attached hydrogen (secondary N) is 2. The number of hydrogen-bond donors (Lipinski definition) is 3. The Hall–Kier alpha value is -1.44. The number of aliphatic hydroxyl groups is 1. The van der Waals surface area contributed by atoms with E-state index in [1.807, 2.05) is 18.7 Å². The Labute approximate surface area is 121 Å². The van der Waals surface area contributed by atoms with Gasteiger partial charge in [0.05, 0.1) is 17.0 Å². The number of β-amino-alcohol motifs (C(OH)–C–C–N with tert-alkyl or cyclic N) is 1. The second kappa shape index (κ2) is 5.90. The first-order valence-corrected chi connectivity index (χ1v) is 7.36. The van der Waals surface area contributed by atoms with Crippen LogP contribution in [0.15, 0.2) is 17.5 Å². The second-order valence-electron chi connectivity index (χ2n) is 5.38. The lowest BCUT2D eigenvalue weighted by atomic mass is 9.83. The maximum Gasteiger partial charge on any atom is 0.279 e. The fourth-order valence-corrected chi connectivity index (χ4v) is 2.66. The highest BCUT2D eigenvalue weighted by Gasteiger charge is 2.43. The van der Waals surface area contributed by atoms with Crippen LogP contribution in [-0.2, 0) is 4.79 Å². The maximum atomic E-state index is 11.7. The van der Waals surface area contributed by atoms with Crippen molar-refractivity contribution in [2.45, 2.75) is 19.4 Å². The van der Waals surface area contributed by atoms with Gasteiger partial charge in [-0.2, -0.15) is 0 Å². The zero-order chi connectivity index (χ0) is 14.8. The van der Waals surface area contributed by atoms with Crippen LogP contribution in [-0.4, -0.2) is 47.1 Å². The van der Waals surface area contributed by atoms with Crippen LogP contribution in [0.5, 0.6) is 0 Å². The summed E-state index contributed by atoms with van der Waals surface area (Å²) in [4.78, 5) is 25.6. The highest BCUT2D eigenvalue weighted by molar-refractivity contribution is 7.12. The molecule has 2 heterocycles. The lowest BCUT2D eigenvalue weighted by Crippen LogP contribution is -2.66. The summed E-state index contributed by atoms with van der Waals surface area (Å²) in [6.07, 6.45) is 0. The van der Waals surface area contributed by atoms with Crippen LogP contribution in [0.1, 0.15) is 23.5 Å². The van der Waals surface area contributed by atoms with Crippen molar-refractivity contribution in [2.24, 2.45) is 5.92 Å². The average Bonchev–Trinajstić information content (AvgIpc) is 2.87. The smallest absolute Gasteiger partial charge is 0.279 e. The second-order valence-corrected chi connectivity index (χ2v) is 6.33. The van der Waals surface area contributed by atoms with Gasteiger partial charge in [-0.05, 0) is 17.4 Å². The van der Waals surface area contributed by atoms with Crippen molar-refractivity contribution in [1.82, 2.24) is 15.8 Å². The van der Waals surface area contributed by atoms with E-state index in [0.29, 0.717) is 18.0 Å². The van der Waals surface area contributed by atoms with Crippen molar-refractivity contribution in [1.29, 1.82) is 0 Å². The molecule has 7 heteroatoms. The van der Waals surface area contributed by atoms with E-state index >= 15 is 0 Å². The van der Waals surface area contributed by atoms with E-state index in [9.17, 15) is 14.7 Å². The zero-order valence-corrected chi connectivity index (χ0v) is 12.4. The van der Waals surface area contributed by atoms with E-state index in [1.54, 1.807) is 17.5 Å².